The van der Waals surface area contributed by atoms with Crippen molar-refractivity contribution in [3.63, 3.8) is 0 Å². The van der Waals surface area contributed by atoms with Crippen molar-refractivity contribution in [3.05, 3.63) is 35.9 Å². The van der Waals surface area contributed by atoms with Gasteiger partial charge in [0.2, 0.25) is 5.91 Å². The zero-order chi connectivity index (χ0) is 13.0. The molecule has 2 rings (SSSR count). The zero-order valence-corrected chi connectivity index (χ0v) is 11.6. The lowest BCUT2D eigenvalue weighted by atomic mass is 10.0. The van der Waals surface area contributed by atoms with Crippen LogP contribution in [0.3, 0.4) is 0 Å². The molecule has 0 spiro atoms. The van der Waals surface area contributed by atoms with E-state index < -0.39 is 0 Å². The molecule has 0 radical (unpaired) electrons. The lowest BCUT2D eigenvalue weighted by molar-refractivity contribution is -0.127. The predicted octanol–water partition coefficient (Wildman–Crippen LogP) is 2.79. The van der Waals surface area contributed by atoms with Gasteiger partial charge in [-0.1, -0.05) is 42.1 Å². The number of nitrogens with zero attached hydrogens (tertiary/aromatic N) is 1. The Balaban J connectivity index is 2.10. The summed E-state index contributed by atoms with van der Waals surface area (Å²) in [4.78, 5) is 24.8. The fourth-order valence-electron chi connectivity index (χ4n) is 1.93. The summed E-state index contributed by atoms with van der Waals surface area (Å²) >= 11 is 5.55. The summed E-state index contributed by atoms with van der Waals surface area (Å²) in [5, 5.41) is -0.131. The lowest BCUT2D eigenvalue weighted by Crippen LogP contribution is -2.41. The highest BCUT2D eigenvalue weighted by molar-refractivity contribution is 8.13. The van der Waals surface area contributed by atoms with Gasteiger partial charge in [0.15, 0.2) is 0 Å². The van der Waals surface area contributed by atoms with Crippen LogP contribution in [-0.2, 0) is 4.79 Å². The molecular weight excluding hydrogens is 266 g/mol. The maximum Gasteiger partial charge on any atom is 0.288 e. The highest BCUT2D eigenvalue weighted by Gasteiger charge is 2.28. The first kappa shape index (κ1) is 13.5. The fourth-order valence-corrected chi connectivity index (χ4v) is 3.04. The number of hydrogen-bond donors (Lipinski definition) is 1. The van der Waals surface area contributed by atoms with Gasteiger partial charge >= 0.3 is 0 Å². The highest BCUT2D eigenvalue weighted by Crippen LogP contribution is 2.24. The molecule has 1 aliphatic heterocycles. The molecule has 1 heterocycles. The van der Waals surface area contributed by atoms with Crippen molar-refractivity contribution < 1.29 is 9.59 Å². The topological polar surface area (TPSA) is 37.4 Å². The zero-order valence-electron chi connectivity index (χ0n) is 9.91. The van der Waals surface area contributed by atoms with E-state index in [0.29, 0.717) is 24.5 Å². The fraction of sp³-hybridized carbons (Fsp3) is 0.385. The maximum atomic E-state index is 11.8. The molecule has 96 valence electrons. The van der Waals surface area contributed by atoms with E-state index >= 15 is 0 Å². The molecule has 1 aromatic rings. The van der Waals surface area contributed by atoms with Crippen LogP contribution in [0.4, 0.5) is 4.79 Å². The Morgan fingerprint density at radius 2 is 2.00 bits per heavy atom. The maximum absolute atomic E-state index is 11.8. The van der Waals surface area contributed by atoms with E-state index in [4.69, 9.17) is 0 Å². The third-order valence-electron chi connectivity index (χ3n) is 2.96. The Morgan fingerprint density at radius 1 is 1.28 bits per heavy atom. The molecule has 1 unspecified atom stereocenters. The van der Waals surface area contributed by atoms with Crippen LogP contribution in [0.5, 0.6) is 0 Å². The largest absolute Gasteiger partial charge is 0.288 e. The van der Waals surface area contributed by atoms with Crippen LogP contribution in [0.15, 0.2) is 30.3 Å². The van der Waals surface area contributed by atoms with E-state index in [-0.39, 0.29) is 17.1 Å². The van der Waals surface area contributed by atoms with Crippen molar-refractivity contribution >= 4 is 35.5 Å². The summed E-state index contributed by atoms with van der Waals surface area (Å²) in [6, 6.07) is 9.88. The van der Waals surface area contributed by atoms with Crippen LogP contribution in [0, 0.1) is 0 Å². The molecule has 3 nitrogen and oxygen atoms in total. The van der Waals surface area contributed by atoms with E-state index in [9.17, 15) is 9.59 Å². The second-order valence-corrected chi connectivity index (χ2v) is 5.57. The lowest BCUT2D eigenvalue weighted by Gasteiger charge is -2.28. The molecule has 0 saturated carbocycles. The SMILES string of the molecule is O=C1CCSC(=O)N1CC(CS)c1ccccc1. The monoisotopic (exact) mass is 281 g/mol. The minimum absolute atomic E-state index is 0.0681. The molecule has 1 aromatic carbocycles. The van der Waals surface area contributed by atoms with Crippen LogP contribution in [0.25, 0.3) is 0 Å². The van der Waals surface area contributed by atoms with Crippen LogP contribution >= 0.6 is 24.4 Å². The molecule has 1 fully saturated rings. The van der Waals surface area contributed by atoms with Gasteiger partial charge in [0, 0.05) is 24.6 Å². The Kier molecular flexibility index (Phi) is 4.72. The quantitative estimate of drug-likeness (QED) is 0.862. The first-order chi connectivity index (χ1) is 8.72. The Bertz CT molecular complexity index is 420. The van der Waals surface area contributed by atoms with Gasteiger partial charge in [-0.05, 0) is 11.3 Å². The van der Waals surface area contributed by atoms with Gasteiger partial charge in [-0.25, -0.2) is 0 Å². The van der Waals surface area contributed by atoms with Crippen LogP contribution in [0.1, 0.15) is 17.9 Å². The first-order valence-corrected chi connectivity index (χ1v) is 7.47. The van der Waals surface area contributed by atoms with Crippen molar-refractivity contribution in [2.75, 3.05) is 18.1 Å². The van der Waals surface area contributed by atoms with E-state index in [1.807, 2.05) is 30.3 Å². The third-order valence-corrected chi connectivity index (χ3v) is 4.27. The first-order valence-electron chi connectivity index (χ1n) is 5.85. The Morgan fingerprint density at radius 3 is 2.61 bits per heavy atom. The smallest absolute Gasteiger partial charge is 0.274 e. The number of carbonyl (C=O) groups excluding carboxylic acids is 2. The van der Waals surface area contributed by atoms with Crippen molar-refractivity contribution in [3.8, 4) is 0 Å². The summed E-state index contributed by atoms with van der Waals surface area (Å²) in [7, 11) is 0. The third kappa shape index (κ3) is 3.09. The standard InChI is InChI=1S/C13H15NO2S2/c15-12-6-7-18-13(16)14(12)8-11(9-17)10-4-2-1-3-5-10/h1-5,11,17H,6-9H2. The second-order valence-electron chi connectivity index (χ2n) is 4.16. The summed E-state index contributed by atoms with van der Waals surface area (Å²) in [5.41, 5.74) is 1.11. The summed E-state index contributed by atoms with van der Waals surface area (Å²) in [6.45, 7) is 0.429. The van der Waals surface area contributed by atoms with E-state index in [2.05, 4.69) is 12.6 Å². The van der Waals surface area contributed by atoms with Gasteiger partial charge in [-0.15, -0.1) is 0 Å². The van der Waals surface area contributed by atoms with E-state index in [1.54, 1.807) is 0 Å². The molecule has 0 bridgehead atoms. The Labute approximate surface area is 116 Å². The molecule has 1 aliphatic rings. The highest BCUT2D eigenvalue weighted by atomic mass is 32.2. The predicted molar refractivity (Wildman–Crippen MR) is 77.2 cm³/mol. The molecule has 2 amide bonds. The minimum atomic E-state index is -0.131. The van der Waals surface area contributed by atoms with E-state index in [1.165, 1.54) is 16.7 Å². The van der Waals surface area contributed by atoms with Gasteiger partial charge in [0.25, 0.3) is 5.24 Å². The van der Waals surface area contributed by atoms with Gasteiger partial charge in [-0.3, -0.25) is 14.5 Å². The molecule has 1 atom stereocenters. The number of imide groups is 1. The van der Waals surface area contributed by atoms with E-state index in [0.717, 1.165) is 5.56 Å². The average molecular weight is 281 g/mol. The van der Waals surface area contributed by atoms with Crippen molar-refractivity contribution in [1.29, 1.82) is 0 Å². The van der Waals surface area contributed by atoms with Crippen molar-refractivity contribution in [1.82, 2.24) is 4.90 Å². The Hall–Kier alpha value is -0.940. The number of amides is 2. The summed E-state index contributed by atoms with van der Waals surface area (Å²) < 4.78 is 0. The number of rotatable bonds is 4. The number of thioether (sulfide) groups is 1. The average Bonchev–Trinajstić information content (AvgIpc) is 2.40. The van der Waals surface area contributed by atoms with Crippen LogP contribution in [-0.4, -0.2) is 34.1 Å². The van der Waals surface area contributed by atoms with Crippen LogP contribution < -0.4 is 0 Å². The minimum Gasteiger partial charge on any atom is -0.274 e. The van der Waals surface area contributed by atoms with Gasteiger partial charge in [-0.2, -0.15) is 12.6 Å². The molecule has 1 saturated heterocycles. The molecule has 0 aromatic heterocycles. The summed E-state index contributed by atoms with van der Waals surface area (Å²) in [5.74, 6) is 1.25. The normalized spacial score (nSPS) is 17.9. The molecule has 18 heavy (non-hydrogen) atoms. The molecule has 0 aliphatic carbocycles. The molecule has 0 N–H and O–H groups in total. The molecule has 5 heteroatoms. The van der Waals surface area contributed by atoms with Crippen LogP contribution in [0.2, 0.25) is 0 Å². The van der Waals surface area contributed by atoms with Gasteiger partial charge < -0.3 is 0 Å². The van der Waals surface area contributed by atoms with Crippen molar-refractivity contribution in [2.45, 2.75) is 12.3 Å². The summed E-state index contributed by atoms with van der Waals surface area (Å²) in [6.07, 6.45) is 0.449. The molecular formula is C13H15NO2S2. The van der Waals surface area contributed by atoms with Gasteiger partial charge in [0.05, 0.1) is 0 Å². The number of hydrogen-bond acceptors (Lipinski definition) is 4. The number of benzene rings is 1. The van der Waals surface area contributed by atoms with Crippen molar-refractivity contribution in [2.24, 2.45) is 0 Å². The second kappa shape index (κ2) is 6.29. The van der Waals surface area contributed by atoms with Gasteiger partial charge in [0.1, 0.15) is 0 Å². The number of thiol groups is 1. The number of carbonyl (C=O) groups is 2.